The molecule has 0 aliphatic rings. The molecule has 0 radical (unpaired) electrons. The zero-order valence-electron chi connectivity index (χ0n) is 17.4. The van der Waals surface area contributed by atoms with Crippen molar-refractivity contribution >= 4 is 17.5 Å². The molecule has 0 unspecified atom stereocenters. The SMILES string of the molecule is COc1ccc(C(=O)NCCCn2nc(C)cc2C)cc1COc1ccc(Cl)cc1. The lowest BCUT2D eigenvalue weighted by molar-refractivity contribution is 0.0952. The van der Waals surface area contributed by atoms with Gasteiger partial charge in [0.25, 0.3) is 5.91 Å². The van der Waals surface area contributed by atoms with E-state index in [0.29, 0.717) is 28.6 Å². The van der Waals surface area contributed by atoms with Crippen LogP contribution >= 0.6 is 11.6 Å². The van der Waals surface area contributed by atoms with E-state index in [2.05, 4.69) is 10.4 Å². The number of aryl methyl sites for hydroxylation is 3. The first-order chi connectivity index (χ1) is 14.5. The van der Waals surface area contributed by atoms with Crippen molar-refractivity contribution in [2.75, 3.05) is 13.7 Å². The van der Waals surface area contributed by atoms with E-state index in [1.807, 2.05) is 24.6 Å². The molecule has 1 N–H and O–H groups in total. The molecule has 0 atom stereocenters. The fourth-order valence-electron chi connectivity index (χ4n) is 3.16. The largest absolute Gasteiger partial charge is 0.496 e. The van der Waals surface area contributed by atoms with Gasteiger partial charge in [-0.25, -0.2) is 0 Å². The second kappa shape index (κ2) is 10.2. The van der Waals surface area contributed by atoms with Crippen LogP contribution in [-0.4, -0.2) is 29.3 Å². The van der Waals surface area contributed by atoms with Crippen molar-refractivity contribution in [1.82, 2.24) is 15.1 Å². The highest BCUT2D eigenvalue weighted by atomic mass is 35.5. The number of benzene rings is 2. The highest BCUT2D eigenvalue weighted by Gasteiger charge is 2.11. The smallest absolute Gasteiger partial charge is 0.251 e. The lowest BCUT2D eigenvalue weighted by atomic mass is 10.1. The van der Waals surface area contributed by atoms with Gasteiger partial charge in [-0.15, -0.1) is 0 Å². The molecule has 2 aromatic carbocycles. The Hall–Kier alpha value is -2.99. The maximum absolute atomic E-state index is 12.6. The number of ether oxygens (including phenoxy) is 2. The van der Waals surface area contributed by atoms with Gasteiger partial charge < -0.3 is 14.8 Å². The number of nitrogens with one attached hydrogen (secondary N) is 1. The Morgan fingerprint density at radius 2 is 1.90 bits per heavy atom. The second-order valence-corrected chi connectivity index (χ2v) is 7.47. The topological polar surface area (TPSA) is 65.4 Å². The maximum Gasteiger partial charge on any atom is 0.251 e. The summed E-state index contributed by atoms with van der Waals surface area (Å²) >= 11 is 5.90. The summed E-state index contributed by atoms with van der Waals surface area (Å²) in [4.78, 5) is 12.6. The van der Waals surface area contributed by atoms with Gasteiger partial charge in [-0.05, 0) is 68.8 Å². The molecule has 3 rings (SSSR count). The summed E-state index contributed by atoms with van der Waals surface area (Å²) < 4.78 is 13.2. The van der Waals surface area contributed by atoms with Crippen molar-refractivity contribution in [3.8, 4) is 11.5 Å². The van der Waals surface area contributed by atoms with Gasteiger partial charge in [0.2, 0.25) is 0 Å². The summed E-state index contributed by atoms with van der Waals surface area (Å²) in [6, 6.07) is 14.5. The minimum Gasteiger partial charge on any atom is -0.496 e. The lowest BCUT2D eigenvalue weighted by Gasteiger charge is -2.13. The van der Waals surface area contributed by atoms with Crippen molar-refractivity contribution in [3.05, 3.63) is 76.1 Å². The summed E-state index contributed by atoms with van der Waals surface area (Å²) in [7, 11) is 1.60. The molecule has 6 nitrogen and oxygen atoms in total. The summed E-state index contributed by atoms with van der Waals surface area (Å²) in [5.74, 6) is 1.24. The average molecular weight is 428 g/mol. The molecule has 0 saturated heterocycles. The number of rotatable bonds is 9. The van der Waals surface area contributed by atoms with Gasteiger partial charge in [0.1, 0.15) is 18.1 Å². The highest BCUT2D eigenvalue weighted by molar-refractivity contribution is 6.30. The van der Waals surface area contributed by atoms with Crippen LogP contribution in [0, 0.1) is 13.8 Å². The number of hydrogen-bond donors (Lipinski definition) is 1. The Kier molecular flexibility index (Phi) is 7.36. The molecular formula is C23H26ClN3O3. The third kappa shape index (κ3) is 5.76. The minimum atomic E-state index is -0.126. The summed E-state index contributed by atoms with van der Waals surface area (Å²) in [6.07, 6.45) is 0.802. The second-order valence-electron chi connectivity index (χ2n) is 7.03. The van der Waals surface area contributed by atoms with Crippen molar-refractivity contribution in [2.45, 2.75) is 33.4 Å². The number of nitrogens with zero attached hydrogens (tertiary/aromatic N) is 2. The Morgan fingerprint density at radius 1 is 1.13 bits per heavy atom. The molecule has 7 heteroatoms. The minimum absolute atomic E-state index is 0.126. The van der Waals surface area contributed by atoms with E-state index < -0.39 is 0 Å². The highest BCUT2D eigenvalue weighted by Crippen LogP contribution is 2.23. The van der Waals surface area contributed by atoms with Crippen LogP contribution in [0.1, 0.15) is 33.7 Å². The predicted molar refractivity (Wildman–Crippen MR) is 117 cm³/mol. The number of halogens is 1. The van der Waals surface area contributed by atoms with Crippen LogP contribution in [0.25, 0.3) is 0 Å². The van der Waals surface area contributed by atoms with E-state index in [0.717, 1.165) is 29.9 Å². The van der Waals surface area contributed by atoms with Crippen LogP contribution in [-0.2, 0) is 13.2 Å². The van der Waals surface area contributed by atoms with Gasteiger partial charge in [-0.1, -0.05) is 11.6 Å². The third-order valence-electron chi connectivity index (χ3n) is 4.69. The molecule has 0 fully saturated rings. The average Bonchev–Trinajstić information content (AvgIpc) is 3.07. The van der Waals surface area contributed by atoms with Gasteiger partial charge in [0, 0.05) is 34.9 Å². The van der Waals surface area contributed by atoms with Crippen LogP contribution < -0.4 is 14.8 Å². The molecule has 0 aliphatic carbocycles. The Morgan fingerprint density at radius 3 is 2.57 bits per heavy atom. The normalized spacial score (nSPS) is 10.7. The van der Waals surface area contributed by atoms with Crippen molar-refractivity contribution < 1.29 is 14.3 Å². The van der Waals surface area contributed by atoms with Crippen LogP contribution in [0.15, 0.2) is 48.5 Å². The predicted octanol–water partition coefficient (Wildman–Crippen LogP) is 4.56. The molecule has 0 saturated carbocycles. The third-order valence-corrected chi connectivity index (χ3v) is 4.94. The summed E-state index contributed by atoms with van der Waals surface area (Å²) in [5, 5.41) is 8.05. The number of hydrogen-bond acceptors (Lipinski definition) is 4. The van der Waals surface area contributed by atoms with E-state index >= 15 is 0 Å². The fourth-order valence-corrected chi connectivity index (χ4v) is 3.28. The first-order valence-electron chi connectivity index (χ1n) is 9.81. The number of carbonyl (C=O) groups excluding carboxylic acids is 1. The standard InChI is InChI=1S/C23H26ClN3O3/c1-16-13-17(2)27(26-16)12-4-11-25-23(28)18-5-10-22(29-3)19(14-18)15-30-21-8-6-20(24)7-9-21/h5-10,13-14H,4,11-12,15H2,1-3H3,(H,25,28). The lowest BCUT2D eigenvalue weighted by Crippen LogP contribution is -2.25. The molecule has 30 heavy (non-hydrogen) atoms. The van der Waals surface area contributed by atoms with Crippen molar-refractivity contribution in [3.63, 3.8) is 0 Å². The van der Waals surface area contributed by atoms with Gasteiger partial charge in [0.15, 0.2) is 0 Å². The Bertz CT molecular complexity index is 999. The first-order valence-corrected chi connectivity index (χ1v) is 10.2. The van der Waals surface area contributed by atoms with Gasteiger partial charge in [-0.3, -0.25) is 9.48 Å². The van der Waals surface area contributed by atoms with E-state index in [4.69, 9.17) is 21.1 Å². The Balaban J connectivity index is 1.56. The molecule has 0 aliphatic heterocycles. The van der Waals surface area contributed by atoms with Gasteiger partial charge >= 0.3 is 0 Å². The number of methoxy groups -OCH3 is 1. The van der Waals surface area contributed by atoms with Gasteiger partial charge in [0.05, 0.1) is 12.8 Å². The zero-order chi connectivity index (χ0) is 21.5. The van der Waals surface area contributed by atoms with Gasteiger partial charge in [-0.2, -0.15) is 5.10 Å². The number of carbonyl (C=O) groups is 1. The quantitative estimate of drug-likeness (QED) is 0.508. The Labute approximate surface area is 181 Å². The van der Waals surface area contributed by atoms with Crippen LogP contribution in [0.3, 0.4) is 0 Å². The molecular weight excluding hydrogens is 402 g/mol. The maximum atomic E-state index is 12.6. The van der Waals surface area contributed by atoms with E-state index in [-0.39, 0.29) is 12.5 Å². The van der Waals surface area contributed by atoms with E-state index in [1.54, 1.807) is 49.6 Å². The van der Waals surface area contributed by atoms with Crippen LogP contribution in [0.2, 0.25) is 5.02 Å². The fraction of sp³-hybridized carbons (Fsp3) is 0.304. The number of amides is 1. The first kappa shape index (κ1) is 21.7. The zero-order valence-corrected chi connectivity index (χ0v) is 18.2. The van der Waals surface area contributed by atoms with Crippen molar-refractivity contribution in [1.29, 1.82) is 0 Å². The van der Waals surface area contributed by atoms with Crippen LogP contribution in [0.4, 0.5) is 0 Å². The summed E-state index contributed by atoms with van der Waals surface area (Å²) in [5.41, 5.74) is 3.49. The van der Waals surface area contributed by atoms with E-state index in [1.165, 1.54) is 0 Å². The molecule has 0 spiro atoms. The molecule has 0 bridgehead atoms. The molecule has 1 aromatic heterocycles. The molecule has 158 valence electrons. The van der Waals surface area contributed by atoms with Crippen molar-refractivity contribution in [2.24, 2.45) is 0 Å². The molecule has 1 amide bonds. The number of aromatic nitrogens is 2. The molecule has 1 heterocycles. The monoisotopic (exact) mass is 427 g/mol. The molecule has 3 aromatic rings. The van der Waals surface area contributed by atoms with E-state index in [9.17, 15) is 4.79 Å². The van der Waals surface area contributed by atoms with Crippen LogP contribution in [0.5, 0.6) is 11.5 Å². The summed E-state index contributed by atoms with van der Waals surface area (Å²) in [6.45, 7) is 5.62.